The van der Waals surface area contributed by atoms with Crippen LogP contribution in [0.15, 0.2) is 30.9 Å². The van der Waals surface area contributed by atoms with Crippen LogP contribution in [-0.4, -0.2) is 24.3 Å². The van der Waals surface area contributed by atoms with E-state index in [9.17, 15) is 17.6 Å². The Morgan fingerprint density at radius 2 is 1.95 bits per heavy atom. The fraction of sp³-hybridized carbons (Fsp3) is 0.154. The highest BCUT2D eigenvalue weighted by Gasteiger charge is 2.39. The van der Waals surface area contributed by atoms with Crippen molar-refractivity contribution in [2.75, 3.05) is 0 Å². The molecule has 9 heteroatoms. The highest BCUT2D eigenvalue weighted by atomic mass is 19.4. The van der Waals surface area contributed by atoms with E-state index < -0.39 is 17.7 Å². The maximum atomic E-state index is 13.5. The van der Waals surface area contributed by atoms with Gasteiger partial charge in [-0.2, -0.15) is 18.3 Å². The van der Waals surface area contributed by atoms with Crippen LogP contribution >= 0.6 is 0 Å². The summed E-state index contributed by atoms with van der Waals surface area (Å²) in [6.45, 7) is -0.152. The van der Waals surface area contributed by atoms with E-state index in [-0.39, 0.29) is 12.2 Å². The highest BCUT2D eigenvalue weighted by Crippen LogP contribution is 2.36. The number of fused-ring (bicyclic) bond motifs is 5. The summed E-state index contributed by atoms with van der Waals surface area (Å²) in [5, 5.41) is 3.92. The lowest BCUT2D eigenvalue weighted by molar-refractivity contribution is -0.141. The zero-order valence-electron chi connectivity index (χ0n) is 10.8. The Morgan fingerprint density at radius 3 is 2.73 bits per heavy atom. The first-order valence-corrected chi connectivity index (χ1v) is 6.26. The maximum absolute atomic E-state index is 13.5. The summed E-state index contributed by atoms with van der Waals surface area (Å²) in [5.74, 6) is -0.195. The Morgan fingerprint density at radius 1 is 1.14 bits per heavy atom. The molecule has 1 aliphatic heterocycles. The molecule has 22 heavy (non-hydrogen) atoms. The summed E-state index contributed by atoms with van der Waals surface area (Å²) < 4.78 is 55.4. The van der Waals surface area contributed by atoms with Crippen LogP contribution in [0.25, 0.3) is 17.1 Å². The van der Waals surface area contributed by atoms with Crippen LogP contribution < -0.4 is 0 Å². The number of aromatic nitrogens is 5. The molecule has 0 amide bonds. The fourth-order valence-electron chi connectivity index (χ4n) is 2.60. The molecule has 0 atom stereocenters. The predicted molar refractivity (Wildman–Crippen MR) is 66.6 cm³/mol. The number of nitrogens with zero attached hydrogens (tertiary/aromatic N) is 5. The van der Waals surface area contributed by atoms with Gasteiger partial charge >= 0.3 is 6.18 Å². The van der Waals surface area contributed by atoms with E-state index in [0.29, 0.717) is 17.1 Å². The van der Waals surface area contributed by atoms with Crippen molar-refractivity contribution >= 4 is 0 Å². The number of hydrogen-bond donors (Lipinski definition) is 0. The first-order chi connectivity index (χ1) is 10.4. The van der Waals surface area contributed by atoms with Gasteiger partial charge in [-0.3, -0.25) is 4.57 Å². The lowest BCUT2D eigenvalue weighted by atomic mass is 10.1. The Balaban J connectivity index is 2.07. The van der Waals surface area contributed by atoms with Crippen molar-refractivity contribution in [2.24, 2.45) is 0 Å². The summed E-state index contributed by atoms with van der Waals surface area (Å²) in [6, 6.07) is 3.81. The molecule has 0 radical (unpaired) electrons. The minimum atomic E-state index is -4.58. The van der Waals surface area contributed by atoms with Crippen LogP contribution in [0, 0.1) is 5.82 Å². The SMILES string of the molecule is Fc1ccc2c(c1)-c1ncnn1Cc1c(C(F)(F)F)ncn1-2. The van der Waals surface area contributed by atoms with Crippen molar-refractivity contribution in [3.05, 3.63) is 48.1 Å². The van der Waals surface area contributed by atoms with Crippen LogP contribution in [0.1, 0.15) is 11.4 Å². The van der Waals surface area contributed by atoms with Gasteiger partial charge in [0.15, 0.2) is 11.5 Å². The second-order valence-electron chi connectivity index (χ2n) is 4.81. The monoisotopic (exact) mass is 309 g/mol. The molecule has 112 valence electrons. The second kappa shape index (κ2) is 4.15. The molecule has 0 spiro atoms. The molecular weight excluding hydrogens is 302 g/mol. The lowest BCUT2D eigenvalue weighted by Crippen LogP contribution is -2.13. The molecule has 0 aliphatic carbocycles. The molecule has 1 aromatic carbocycles. The molecule has 0 fully saturated rings. The molecule has 4 rings (SSSR count). The first kappa shape index (κ1) is 13.0. The largest absolute Gasteiger partial charge is 0.435 e. The van der Waals surface area contributed by atoms with E-state index in [4.69, 9.17) is 0 Å². The van der Waals surface area contributed by atoms with Crippen molar-refractivity contribution in [3.63, 3.8) is 0 Å². The highest BCUT2D eigenvalue weighted by molar-refractivity contribution is 5.69. The first-order valence-electron chi connectivity index (χ1n) is 6.26. The van der Waals surface area contributed by atoms with Gasteiger partial charge in [0.1, 0.15) is 18.5 Å². The fourth-order valence-corrected chi connectivity index (χ4v) is 2.60. The Labute approximate surface area is 120 Å². The van der Waals surface area contributed by atoms with Crippen LogP contribution in [0.5, 0.6) is 0 Å². The van der Waals surface area contributed by atoms with Crippen molar-refractivity contribution in [1.29, 1.82) is 0 Å². The van der Waals surface area contributed by atoms with Crippen LogP contribution in [-0.2, 0) is 12.7 Å². The number of alkyl halides is 3. The third kappa shape index (κ3) is 1.74. The van der Waals surface area contributed by atoms with E-state index >= 15 is 0 Å². The van der Waals surface area contributed by atoms with Crippen LogP contribution in [0.4, 0.5) is 17.6 Å². The topological polar surface area (TPSA) is 48.5 Å². The minimum absolute atomic E-state index is 0.0652. The predicted octanol–water partition coefficient (Wildman–Crippen LogP) is 2.65. The molecule has 2 aromatic heterocycles. The van der Waals surface area contributed by atoms with Crippen molar-refractivity contribution in [2.45, 2.75) is 12.7 Å². The number of rotatable bonds is 0. The second-order valence-corrected chi connectivity index (χ2v) is 4.81. The van der Waals surface area contributed by atoms with Crippen LogP contribution in [0.3, 0.4) is 0 Å². The zero-order chi connectivity index (χ0) is 15.5. The summed E-state index contributed by atoms with van der Waals surface area (Å²) >= 11 is 0. The van der Waals surface area contributed by atoms with Crippen molar-refractivity contribution < 1.29 is 17.6 Å². The third-order valence-corrected chi connectivity index (χ3v) is 3.51. The van der Waals surface area contributed by atoms with E-state index in [1.165, 1.54) is 33.8 Å². The average Bonchev–Trinajstić information content (AvgIpc) is 3.04. The van der Waals surface area contributed by atoms with Gasteiger partial charge in [0, 0.05) is 5.56 Å². The number of hydrogen-bond acceptors (Lipinski definition) is 3. The van der Waals surface area contributed by atoms with Gasteiger partial charge in [-0.1, -0.05) is 0 Å². The van der Waals surface area contributed by atoms with Gasteiger partial charge < -0.3 is 0 Å². The average molecular weight is 309 g/mol. The summed E-state index contributed by atoms with van der Waals surface area (Å²) in [4.78, 5) is 7.50. The molecule has 3 heterocycles. The Bertz CT molecular complexity index is 877. The molecule has 5 nitrogen and oxygen atoms in total. The summed E-state index contributed by atoms with van der Waals surface area (Å²) in [6.07, 6.45) is -2.27. The number of halogens is 4. The standard InChI is InChI=1S/C13H7F4N5/c14-7-1-2-9-8(3-7)12-18-5-20-22(12)4-10-11(13(15,16)17)19-6-21(9)10/h1-3,5-6H,4H2. The van der Waals surface area contributed by atoms with Crippen molar-refractivity contribution in [3.8, 4) is 17.1 Å². The van der Waals surface area contributed by atoms with Gasteiger partial charge in [-0.05, 0) is 18.2 Å². The molecule has 1 aliphatic rings. The van der Waals surface area contributed by atoms with E-state index in [1.807, 2.05) is 0 Å². The molecule has 0 N–H and O–H groups in total. The van der Waals surface area contributed by atoms with Gasteiger partial charge in [0.2, 0.25) is 0 Å². The number of imidazole rings is 1. The molecule has 0 bridgehead atoms. The van der Waals surface area contributed by atoms with E-state index in [0.717, 1.165) is 6.33 Å². The number of benzene rings is 1. The normalized spacial score (nSPS) is 13.3. The third-order valence-electron chi connectivity index (χ3n) is 3.51. The lowest BCUT2D eigenvalue weighted by Gasteiger charge is -2.10. The molecular formula is C13H7F4N5. The molecule has 0 unspecified atom stereocenters. The van der Waals surface area contributed by atoms with Gasteiger partial charge in [0.25, 0.3) is 0 Å². The molecule has 0 saturated carbocycles. The molecule has 3 aromatic rings. The summed E-state index contributed by atoms with van der Waals surface area (Å²) in [5.41, 5.74) is -0.302. The van der Waals surface area contributed by atoms with Crippen LogP contribution in [0.2, 0.25) is 0 Å². The smallest absolute Gasteiger partial charge is 0.300 e. The Kier molecular flexibility index (Phi) is 2.45. The molecule has 0 saturated heterocycles. The van der Waals surface area contributed by atoms with Gasteiger partial charge in [-0.15, -0.1) is 0 Å². The minimum Gasteiger partial charge on any atom is -0.300 e. The zero-order valence-corrected chi connectivity index (χ0v) is 10.8. The summed E-state index contributed by atoms with van der Waals surface area (Å²) in [7, 11) is 0. The van der Waals surface area contributed by atoms with E-state index in [2.05, 4.69) is 15.1 Å². The van der Waals surface area contributed by atoms with Gasteiger partial charge in [0.05, 0.1) is 17.9 Å². The Hall–Kier alpha value is -2.71. The quantitative estimate of drug-likeness (QED) is 0.469. The van der Waals surface area contributed by atoms with E-state index in [1.54, 1.807) is 0 Å². The maximum Gasteiger partial charge on any atom is 0.435 e. The van der Waals surface area contributed by atoms with Gasteiger partial charge in [-0.25, -0.2) is 19.0 Å². The van der Waals surface area contributed by atoms with Crippen molar-refractivity contribution in [1.82, 2.24) is 24.3 Å².